The minimum Gasteiger partial charge on any atom is -0.461 e. The largest absolute Gasteiger partial charge is 0.461 e. The molecule has 4 atom stereocenters. The summed E-state index contributed by atoms with van der Waals surface area (Å²) in [6.07, 6.45) is -1.50. The standard InChI is InChI=1S/C29H32F5N7O/c1-15-22-25(23(31)24(36-15)16-7-17(29(32,33)34)9-19(35)8-16)38-27(39-26(22)40-12-20-3-4-21(13-40)37-20)42-14-28-5-2-6-41(28)11-18(30)10-28/h7-9,18,20-21,37H,2-6,10-14,35H2,1H3/t18-,20-,21+,28+/m1/s1. The summed E-state index contributed by atoms with van der Waals surface area (Å²) >= 11 is 0. The van der Waals surface area contributed by atoms with Crippen LogP contribution in [0.2, 0.25) is 0 Å². The Hall–Kier alpha value is -3.32. The van der Waals surface area contributed by atoms with Crippen LogP contribution in [0, 0.1) is 12.7 Å². The van der Waals surface area contributed by atoms with Crippen molar-refractivity contribution in [2.24, 2.45) is 0 Å². The SMILES string of the molecule is Cc1nc(-c2cc(N)cc(C(F)(F)F)c2)c(F)c2nc(OC[C@@]34CCCN3C[C@H](F)C4)nc(N3C[C@H]4CC[C@@H](C3)N4)c12. The lowest BCUT2D eigenvalue weighted by Gasteiger charge is -2.35. The molecule has 0 saturated carbocycles. The van der Waals surface area contributed by atoms with Gasteiger partial charge in [0.1, 0.15) is 29.8 Å². The van der Waals surface area contributed by atoms with Gasteiger partial charge in [-0.05, 0) is 57.4 Å². The van der Waals surface area contributed by atoms with Gasteiger partial charge >= 0.3 is 12.2 Å². The van der Waals surface area contributed by atoms with Gasteiger partial charge < -0.3 is 20.7 Å². The third-order valence-corrected chi connectivity index (χ3v) is 9.23. The number of nitrogen functional groups attached to an aromatic ring is 1. The number of aromatic nitrogens is 3. The number of piperazine rings is 1. The predicted molar refractivity (Wildman–Crippen MR) is 148 cm³/mol. The third kappa shape index (κ3) is 4.70. The van der Waals surface area contributed by atoms with Gasteiger partial charge in [0.25, 0.3) is 0 Å². The molecule has 0 spiro atoms. The summed E-state index contributed by atoms with van der Waals surface area (Å²) in [4.78, 5) is 17.8. The second-order valence-electron chi connectivity index (χ2n) is 12.2. The number of ether oxygens (including phenoxy) is 1. The Morgan fingerprint density at radius 3 is 2.60 bits per heavy atom. The van der Waals surface area contributed by atoms with E-state index in [-0.39, 0.29) is 47.2 Å². The second-order valence-corrected chi connectivity index (χ2v) is 12.2. The van der Waals surface area contributed by atoms with Gasteiger partial charge in [-0.3, -0.25) is 4.90 Å². The van der Waals surface area contributed by atoms with Crippen molar-refractivity contribution >= 4 is 22.4 Å². The molecule has 0 unspecified atom stereocenters. The lowest BCUT2D eigenvalue weighted by atomic mass is 9.95. The number of alkyl halides is 4. The van der Waals surface area contributed by atoms with Crippen molar-refractivity contribution in [1.82, 2.24) is 25.2 Å². The van der Waals surface area contributed by atoms with Crippen LogP contribution in [0.5, 0.6) is 6.01 Å². The quantitative estimate of drug-likeness (QED) is 0.329. The van der Waals surface area contributed by atoms with Crippen molar-refractivity contribution < 1.29 is 26.7 Å². The van der Waals surface area contributed by atoms with E-state index in [4.69, 9.17) is 15.5 Å². The van der Waals surface area contributed by atoms with E-state index in [1.807, 2.05) is 0 Å². The van der Waals surface area contributed by atoms with E-state index in [0.29, 0.717) is 43.0 Å². The first-order chi connectivity index (χ1) is 20.0. The molecule has 3 aromatic rings. The van der Waals surface area contributed by atoms with Crippen molar-refractivity contribution in [2.45, 2.75) is 69.0 Å². The van der Waals surface area contributed by atoms with Crippen LogP contribution in [0.1, 0.15) is 43.4 Å². The van der Waals surface area contributed by atoms with Gasteiger partial charge in [0.15, 0.2) is 5.82 Å². The van der Waals surface area contributed by atoms with Gasteiger partial charge in [0.2, 0.25) is 0 Å². The lowest BCUT2D eigenvalue weighted by Crippen LogP contribution is -2.51. The van der Waals surface area contributed by atoms with Gasteiger partial charge in [-0.25, -0.2) is 13.8 Å². The highest BCUT2D eigenvalue weighted by molar-refractivity contribution is 5.94. The molecule has 13 heteroatoms. The van der Waals surface area contributed by atoms with E-state index < -0.39 is 29.3 Å². The Kier molecular flexibility index (Phi) is 6.46. The molecule has 4 saturated heterocycles. The van der Waals surface area contributed by atoms with Gasteiger partial charge in [-0.1, -0.05) is 0 Å². The van der Waals surface area contributed by atoms with Crippen LogP contribution in [0.4, 0.5) is 33.5 Å². The number of rotatable bonds is 5. The predicted octanol–water partition coefficient (Wildman–Crippen LogP) is 4.64. The van der Waals surface area contributed by atoms with E-state index in [1.54, 1.807) is 6.92 Å². The van der Waals surface area contributed by atoms with Crippen molar-refractivity contribution in [3.05, 3.63) is 35.3 Å². The Morgan fingerprint density at radius 1 is 1.10 bits per heavy atom. The zero-order valence-electron chi connectivity index (χ0n) is 23.1. The molecule has 0 aliphatic carbocycles. The normalized spacial score (nSPS) is 27.7. The molecule has 2 aromatic heterocycles. The van der Waals surface area contributed by atoms with Crippen LogP contribution < -0.4 is 20.7 Å². The van der Waals surface area contributed by atoms with E-state index in [1.165, 1.54) is 6.07 Å². The number of fused-ring (bicyclic) bond motifs is 4. The smallest absolute Gasteiger partial charge is 0.416 e. The molecule has 0 amide bonds. The lowest BCUT2D eigenvalue weighted by molar-refractivity contribution is -0.137. The van der Waals surface area contributed by atoms with Crippen molar-refractivity contribution in [3.8, 4) is 17.3 Å². The molecule has 3 N–H and O–H groups in total. The first-order valence-corrected chi connectivity index (χ1v) is 14.4. The molecular formula is C29H32F5N7O. The Labute approximate surface area is 239 Å². The van der Waals surface area contributed by atoms with Gasteiger partial charge in [0, 0.05) is 49.4 Å². The first-order valence-electron chi connectivity index (χ1n) is 14.4. The molecule has 42 heavy (non-hydrogen) atoms. The van der Waals surface area contributed by atoms with Crippen LogP contribution in [0.3, 0.4) is 0 Å². The number of nitrogens with one attached hydrogen (secondary N) is 1. The first kappa shape index (κ1) is 27.5. The minimum atomic E-state index is -4.67. The summed E-state index contributed by atoms with van der Waals surface area (Å²) in [6, 6.07) is 3.37. The fourth-order valence-corrected chi connectivity index (χ4v) is 7.36. The third-order valence-electron chi connectivity index (χ3n) is 9.23. The fourth-order valence-electron chi connectivity index (χ4n) is 7.36. The molecule has 4 aliphatic heterocycles. The average Bonchev–Trinajstić information content (AvgIpc) is 3.58. The highest BCUT2D eigenvalue weighted by Gasteiger charge is 2.49. The number of nitrogens with two attached hydrogens (primary N) is 1. The molecular weight excluding hydrogens is 557 g/mol. The Bertz CT molecular complexity index is 1540. The van der Waals surface area contributed by atoms with Crippen LogP contribution >= 0.6 is 0 Å². The maximum absolute atomic E-state index is 16.4. The fraction of sp³-hybridized carbons (Fsp3) is 0.552. The summed E-state index contributed by atoms with van der Waals surface area (Å²) in [5, 5.41) is 3.96. The molecule has 1 aromatic carbocycles. The number of anilines is 2. The number of benzene rings is 1. The zero-order chi connectivity index (χ0) is 29.4. The monoisotopic (exact) mass is 589 g/mol. The highest BCUT2D eigenvalue weighted by atomic mass is 19.4. The number of pyridine rings is 1. The number of nitrogens with zero attached hydrogens (tertiary/aromatic N) is 5. The summed E-state index contributed by atoms with van der Waals surface area (Å²) in [6.45, 7) is 4.28. The van der Waals surface area contributed by atoms with Crippen LogP contribution in [-0.4, -0.2) is 76.4 Å². The molecule has 0 radical (unpaired) electrons. The number of halogens is 5. The molecule has 4 fully saturated rings. The Balaban J connectivity index is 1.34. The van der Waals surface area contributed by atoms with Crippen LogP contribution in [0.15, 0.2) is 18.2 Å². The van der Waals surface area contributed by atoms with Gasteiger partial charge in [0.05, 0.1) is 22.2 Å². The number of aryl methyl sites for hydroxylation is 1. The highest BCUT2D eigenvalue weighted by Crippen LogP contribution is 2.42. The molecule has 6 heterocycles. The molecule has 4 aliphatic rings. The van der Waals surface area contributed by atoms with E-state index in [2.05, 4.69) is 25.1 Å². The summed E-state index contributed by atoms with van der Waals surface area (Å²) in [5.74, 6) is -0.408. The van der Waals surface area contributed by atoms with E-state index in [0.717, 1.165) is 44.4 Å². The summed E-state index contributed by atoms with van der Waals surface area (Å²) < 4.78 is 77.6. The van der Waals surface area contributed by atoms with E-state index >= 15 is 4.39 Å². The van der Waals surface area contributed by atoms with Crippen molar-refractivity contribution in [2.75, 3.05) is 43.4 Å². The van der Waals surface area contributed by atoms with E-state index in [9.17, 15) is 17.6 Å². The topological polar surface area (TPSA) is 92.4 Å². The van der Waals surface area contributed by atoms with Crippen molar-refractivity contribution in [1.29, 1.82) is 0 Å². The maximum Gasteiger partial charge on any atom is 0.416 e. The average molecular weight is 590 g/mol. The summed E-state index contributed by atoms with van der Waals surface area (Å²) in [5.41, 5.74) is 4.06. The molecule has 8 nitrogen and oxygen atoms in total. The summed E-state index contributed by atoms with van der Waals surface area (Å²) in [7, 11) is 0. The molecule has 7 rings (SSSR count). The maximum atomic E-state index is 16.4. The molecule has 224 valence electrons. The molecule has 2 bridgehead atoms. The van der Waals surface area contributed by atoms with Gasteiger partial charge in [-0.2, -0.15) is 23.1 Å². The Morgan fingerprint density at radius 2 is 1.86 bits per heavy atom. The second kappa shape index (κ2) is 9.87. The van der Waals surface area contributed by atoms with Crippen molar-refractivity contribution in [3.63, 3.8) is 0 Å². The van der Waals surface area contributed by atoms with Gasteiger partial charge in [-0.15, -0.1) is 0 Å². The van der Waals surface area contributed by atoms with Crippen LogP contribution in [0.25, 0.3) is 22.2 Å². The van der Waals surface area contributed by atoms with Crippen LogP contribution in [-0.2, 0) is 6.18 Å². The minimum absolute atomic E-state index is 0.0501. The zero-order valence-corrected chi connectivity index (χ0v) is 23.1. The number of hydrogen-bond acceptors (Lipinski definition) is 8. The number of hydrogen-bond donors (Lipinski definition) is 2.